The van der Waals surface area contributed by atoms with Crippen molar-refractivity contribution in [3.05, 3.63) is 70.8 Å². The largest absolute Gasteiger partial charge is 0.507 e. The van der Waals surface area contributed by atoms with Gasteiger partial charge in [-0.1, -0.05) is 61.4 Å². The topological polar surface area (TPSA) is 90.4 Å². The van der Waals surface area contributed by atoms with E-state index in [2.05, 4.69) is 11.8 Å². The normalized spacial score (nSPS) is 23.1. The van der Waals surface area contributed by atoms with E-state index < -0.39 is 17.2 Å². The number of amides is 2. The summed E-state index contributed by atoms with van der Waals surface area (Å²) in [6.45, 7) is 8.34. The molecule has 0 radical (unpaired) electrons. The summed E-state index contributed by atoms with van der Waals surface area (Å²) in [5, 5.41) is 11.6. The van der Waals surface area contributed by atoms with Crippen LogP contribution >= 0.6 is 0 Å². The summed E-state index contributed by atoms with van der Waals surface area (Å²) in [7, 11) is 0. The zero-order chi connectivity index (χ0) is 26.9. The Morgan fingerprint density at radius 2 is 1.66 bits per heavy atom. The summed E-state index contributed by atoms with van der Waals surface area (Å²) in [5.74, 6) is -2.25. The van der Waals surface area contributed by atoms with Crippen LogP contribution in [0.5, 0.6) is 0 Å². The number of aliphatic hydroxyl groups excluding tert-OH is 1. The number of benzene rings is 2. The van der Waals surface area contributed by atoms with Crippen LogP contribution in [0.15, 0.2) is 54.1 Å². The van der Waals surface area contributed by atoms with Crippen LogP contribution in [0.25, 0.3) is 5.76 Å². The van der Waals surface area contributed by atoms with Crippen LogP contribution in [0.4, 0.5) is 5.69 Å². The SMILES string of the molecule is CCCCN1C(=O)[C@]2(C(=C(O)c3ccc(C)cc3)C(=O)C(=O)N2CCCN2CCOCC2)c2ccccc21. The molecule has 2 aromatic carbocycles. The Hall–Kier alpha value is -3.49. The Morgan fingerprint density at radius 3 is 2.37 bits per heavy atom. The van der Waals surface area contributed by atoms with Crippen molar-refractivity contribution in [3.63, 3.8) is 0 Å². The number of likely N-dealkylation sites (tertiary alicyclic amines) is 1. The number of carbonyl (C=O) groups is 3. The minimum absolute atomic E-state index is 0.144. The predicted molar refractivity (Wildman–Crippen MR) is 145 cm³/mol. The Kier molecular flexibility index (Phi) is 7.36. The van der Waals surface area contributed by atoms with E-state index in [0.29, 0.717) is 43.0 Å². The summed E-state index contributed by atoms with van der Waals surface area (Å²) in [6.07, 6.45) is 2.25. The molecule has 200 valence electrons. The molecule has 0 unspecified atom stereocenters. The van der Waals surface area contributed by atoms with E-state index in [1.54, 1.807) is 17.0 Å². The van der Waals surface area contributed by atoms with Gasteiger partial charge in [-0.15, -0.1) is 0 Å². The van der Waals surface area contributed by atoms with Crippen LogP contribution in [0.2, 0.25) is 0 Å². The summed E-state index contributed by atoms with van der Waals surface area (Å²) in [4.78, 5) is 47.2. The number of carbonyl (C=O) groups excluding carboxylic acids is 3. The summed E-state index contributed by atoms with van der Waals surface area (Å²) >= 11 is 0. The average molecular weight is 518 g/mol. The first-order chi connectivity index (χ1) is 18.4. The minimum Gasteiger partial charge on any atom is -0.507 e. The monoisotopic (exact) mass is 517 g/mol. The van der Waals surface area contributed by atoms with Gasteiger partial charge >= 0.3 is 0 Å². The number of ether oxygens (including phenoxy) is 1. The maximum Gasteiger partial charge on any atom is 0.296 e. The molecule has 0 bridgehead atoms. The van der Waals surface area contributed by atoms with E-state index in [4.69, 9.17) is 4.74 Å². The van der Waals surface area contributed by atoms with Gasteiger partial charge < -0.3 is 19.6 Å². The molecule has 1 atom stereocenters. The molecule has 3 aliphatic rings. The van der Waals surface area contributed by atoms with Gasteiger partial charge in [-0.3, -0.25) is 19.3 Å². The highest BCUT2D eigenvalue weighted by molar-refractivity contribution is 6.50. The molecule has 2 saturated heterocycles. The van der Waals surface area contributed by atoms with Gasteiger partial charge in [0.25, 0.3) is 17.6 Å². The molecule has 38 heavy (non-hydrogen) atoms. The van der Waals surface area contributed by atoms with Gasteiger partial charge in [0, 0.05) is 43.9 Å². The molecule has 2 fully saturated rings. The molecule has 5 rings (SSSR count). The fourth-order valence-electron chi connectivity index (χ4n) is 5.84. The number of fused-ring (bicyclic) bond motifs is 2. The van der Waals surface area contributed by atoms with Crippen LogP contribution in [0, 0.1) is 6.92 Å². The van der Waals surface area contributed by atoms with Crippen molar-refractivity contribution in [1.82, 2.24) is 9.80 Å². The van der Waals surface area contributed by atoms with E-state index in [9.17, 15) is 19.5 Å². The molecule has 2 amide bonds. The average Bonchev–Trinajstić information content (AvgIpc) is 3.31. The third kappa shape index (κ3) is 4.22. The van der Waals surface area contributed by atoms with Crippen LogP contribution in [-0.2, 0) is 24.7 Å². The molecule has 3 heterocycles. The van der Waals surface area contributed by atoms with E-state index in [0.717, 1.165) is 38.0 Å². The highest BCUT2D eigenvalue weighted by Gasteiger charge is 2.66. The molecule has 1 spiro atoms. The van der Waals surface area contributed by atoms with E-state index in [-0.39, 0.29) is 23.8 Å². The molecule has 8 nitrogen and oxygen atoms in total. The lowest BCUT2D eigenvalue weighted by molar-refractivity contribution is -0.143. The van der Waals surface area contributed by atoms with Crippen molar-refractivity contribution in [2.24, 2.45) is 0 Å². The molecular formula is C30H35N3O5. The van der Waals surface area contributed by atoms with Gasteiger partial charge in [0.15, 0.2) is 5.54 Å². The number of anilines is 1. The molecule has 3 aliphatic heterocycles. The standard InChI is InChI=1S/C30H35N3O5/c1-3-4-15-32-24-9-6-5-8-23(24)30(29(32)37)25(26(34)22-12-10-21(2)11-13-22)27(35)28(36)33(30)16-7-14-31-17-19-38-20-18-31/h5-6,8-13,34H,3-4,7,14-20H2,1-2H3/t30-/m1/s1. The second-order valence-electron chi connectivity index (χ2n) is 10.2. The van der Waals surface area contributed by atoms with Gasteiger partial charge in [-0.05, 0) is 25.8 Å². The van der Waals surface area contributed by atoms with E-state index in [1.807, 2.05) is 43.3 Å². The van der Waals surface area contributed by atoms with Crippen molar-refractivity contribution >= 4 is 29.0 Å². The van der Waals surface area contributed by atoms with Gasteiger partial charge in [0.2, 0.25) is 0 Å². The van der Waals surface area contributed by atoms with Crippen molar-refractivity contribution < 1.29 is 24.2 Å². The van der Waals surface area contributed by atoms with Gasteiger partial charge in [-0.25, -0.2) is 0 Å². The minimum atomic E-state index is -1.70. The summed E-state index contributed by atoms with van der Waals surface area (Å²) in [5.41, 5.74) is 0.806. The predicted octanol–water partition coefficient (Wildman–Crippen LogP) is 3.44. The number of rotatable bonds is 8. The number of nitrogens with zero attached hydrogens (tertiary/aromatic N) is 3. The number of hydrogen-bond acceptors (Lipinski definition) is 6. The number of Topliss-reactive ketones (excluding diaryl/α,β-unsaturated/α-hetero) is 1. The van der Waals surface area contributed by atoms with Gasteiger partial charge in [0.1, 0.15) is 5.76 Å². The molecule has 2 aromatic rings. The lowest BCUT2D eigenvalue weighted by atomic mass is 9.81. The maximum atomic E-state index is 14.5. The third-order valence-corrected chi connectivity index (χ3v) is 7.83. The highest BCUT2D eigenvalue weighted by Crippen LogP contribution is 2.53. The second-order valence-corrected chi connectivity index (χ2v) is 10.2. The van der Waals surface area contributed by atoms with Crippen molar-refractivity contribution in [2.75, 3.05) is 50.8 Å². The summed E-state index contributed by atoms with van der Waals surface area (Å²) < 4.78 is 5.44. The fourth-order valence-corrected chi connectivity index (χ4v) is 5.84. The van der Waals surface area contributed by atoms with Crippen molar-refractivity contribution in [1.29, 1.82) is 0 Å². The Bertz CT molecular complexity index is 1260. The highest BCUT2D eigenvalue weighted by atomic mass is 16.5. The second kappa shape index (κ2) is 10.7. The number of aryl methyl sites for hydroxylation is 1. The first-order valence-electron chi connectivity index (χ1n) is 13.5. The van der Waals surface area contributed by atoms with Crippen molar-refractivity contribution in [3.8, 4) is 0 Å². The van der Waals surface area contributed by atoms with Crippen molar-refractivity contribution in [2.45, 2.75) is 38.6 Å². The number of hydrogen-bond donors (Lipinski definition) is 1. The number of morpholine rings is 1. The zero-order valence-corrected chi connectivity index (χ0v) is 22.1. The van der Waals surface area contributed by atoms with Gasteiger partial charge in [-0.2, -0.15) is 0 Å². The van der Waals surface area contributed by atoms with Crippen LogP contribution in [-0.4, -0.2) is 78.4 Å². The Labute approximate surface area is 223 Å². The first kappa shape index (κ1) is 26.1. The smallest absolute Gasteiger partial charge is 0.296 e. The third-order valence-electron chi connectivity index (χ3n) is 7.83. The van der Waals surface area contributed by atoms with Crippen LogP contribution in [0.3, 0.4) is 0 Å². The van der Waals surface area contributed by atoms with Gasteiger partial charge in [0.05, 0.1) is 24.5 Å². The zero-order valence-electron chi connectivity index (χ0n) is 22.1. The Morgan fingerprint density at radius 1 is 0.947 bits per heavy atom. The van der Waals surface area contributed by atoms with E-state index >= 15 is 0 Å². The van der Waals surface area contributed by atoms with Crippen LogP contribution < -0.4 is 4.90 Å². The lowest BCUT2D eigenvalue weighted by Crippen LogP contribution is -2.52. The molecule has 0 aromatic heterocycles. The van der Waals surface area contributed by atoms with Crippen LogP contribution in [0.1, 0.15) is 42.9 Å². The molecule has 0 aliphatic carbocycles. The first-order valence-corrected chi connectivity index (χ1v) is 13.5. The number of aliphatic hydroxyl groups is 1. The number of unbranched alkanes of at least 4 members (excludes halogenated alkanes) is 1. The molecule has 0 saturated carbocycles. The molecular weight excluding hydrogens is 482 g/mol. The van der Waals surface area contributed by atoms with E-state index in [1.165, 1.54) is 4.90 Å². The molecule has 8 heteroatoms. The number of ketones is 1. The fraction of sp³-hybridized carbons (Fsp3) is 0.433. The lowest BCUT2D eigenvalue weighted by Gasteiger charge is -2.35. The molecule has 1 N–H and O–H groups in total. The quantitative estimate of drug-likeness (QED) is 0.328. The summed E-state index contributed by atoms with van der Waals surface area (Å²) in [6, 6.07) is 14.4. The Balaban J connectivity index is 1.64. The maximum absolute atomic E-state index is 14.5. The number of para-hydroxylation sites is 1.